The molecule has 8 nitrogen and oxygen atoms in total. The molecule has 154 valence electrons. The standard InChI is InChI=1S/C20H16N2O6S2/c1-27-15-9-8-12(10-14(15)22(25)26)11-16-18(23)21(20(29)30-16)17(19(24)28-2)13-6-4-3-5-7-13/h3-11,17H,1-2H3/b16-11-. The molecule has 30 heavy (non-hydrogen) atoms. The highest BCUT2D eigenvalue weighted by atomic mass is 32.2. The number of benzene rings is 2. The number of amides is 1. The first kappa shape index (κ1) is 21.5. The first-order valence-electron chi connectivity index (χ1n) is 8.59. The van der Waals surface area contributed by atoms with Crippen LogP contribution in [0.15, 0.2) is 53.4 Å². The molecule has 3 rings (SSSR count). The van der Waals surface area contributed by atoms with Crippen molar-refractivity contribution in [3.05, 3.63) is 74.7 Å². The van der Waals surface area contributed by atoms with Crippen LogP contribution in [0.3, 0.4) is 0 Å². The third-order valence-corrected chi connectivity index (χ3v) is 5.65. The van der Waals surface area contributed by atoms with Gasteiger partial charge in [0.15, 0.2) is 11.8 Å². The maximum atomic E-state index is 13.1. The van der Waals surface area contributed by atoms with Gasteiger partial charge < -0.3 is 9.47 Å². The summed E-state index contributed by atoms with van der Waals surface area (Å²) in [5.74, 6) is -0.999. The van der Waals surface area contributed by atoms with E-state index < -0.39 is 22.8 Å². The molecule has 1 saturated heterocycles. The lowest BCUT2D eigenvalue weighted by Gasteiger charge is -2.24. The fourth-order valence-electron chi connectivity index (χ4n) is 2.93. The molecule has 0 aromatic heterocycles. The summed E-state index contributed by atoms with van der Waals surface area (Å²) < 4.78 is 10.1. The predicted molar refractivity (Wildman–Crippen MR) is 116 cm³/mol. The van der Waals surface area contributed by atoms with Crippen LogP contribution in [0.4, 0.5) is 5.69 Å². The Kier molecular flexibility index (Phi) is 6.48. The van der Waals surface area contributed by atoms with Crippen molar-refractivity contribution in [3.63, 3.8) is 0 Å². The molecule has 0 N–H and O–H groups in total. The number of hydrogen-bond acceptors (Lipinski definition) is 8. The minimum atomic E-state index is -1.03. The third kappa shape index (κ3) is 4.19. The van der Waals surface area contributed by atoms with E-state index in [9.17, 15) is 19.7 Å². The van der Waals surface area contributed by atoms with E-state index >= 15 is 0 Å². The number of thiocarbonyl (C=S) groups is 1. The van der Waals surface area contributed by atoms with Crippen molar-refractivity contribution in [2.24, 2.45) is 0 Å². The number of ether oxygens (including phenoxy) is 2. The summed E-state index contributed by atoms with van der Waals surface area (Å²) in [7, 11) is 2.58. The van der Waals surface area contributed by atoms with Gasteiger partial charge in [-0.1, -0.05) is 60.4 Å². The second-order valence-electron chi connectivity index (χ2n) is 6.08. The first-order valence-corrected chi connectivity index (χ1v) is 9.82. The van der Waals surface area contributed by atoms with E-state index in [0.717, 1.165) is 11.8 Å². The van der Waals surface area contributed by atoms with Gasteiger partial charge in [0.1, 0.15) is 4.32 Å². The highest BCUT2D eigenvalue weighted by Gasteiger charge is 2.41. The quantitative estimate of drug-likeness (QED) is 0.219. The molecule has 1 heterocycles. The van der Waals surface area contributed by atoms with E-state index in [0.29, 0.717) is 11.1 Å². The molecule has 1 amide bonds. The Morgan fingerprint density at radius 1 is 1.23 bits per heavy atom. The largest absolute Gasteiger partial charge is 0.490 e. The summed E-state index contributed by atoms with van der Waals surface area (Å²) >= 11 is 6.36. The zero-order chi connectivity index (χ0) is 21.8. The van der Waals surface area contributed by atoms with Gasteiger partial charge in [-0.25, -0.2) is 4.79 Å². The molecule has 1 aliphatic rings. The summed E-state index contributed by atoms with van der Waals surface area (Å²) in [4.78, 5) is 37.7. The van der Waals surface area contributed by atoms with E-state index in [2.05, 4.69) is 0 Å². The highest BCUT2D eigenvalue weighted by molar-refractivity contribution is 8.26. The molecular weight excluding hydrogens is 428 g/mol. The van der Waals surface area contributed by atoms with Crippen molar-refractivity contribution in [3.8, 4) is 5.75 Å². The van der Waals surface area contributed by atoms with Gasteiger partial charge in [-0.05, 0) is 23.3 Å². The van der Waals surface area contributed by atoms with Crippen molar-refractivity contribution in [1.29, 1.82) is 0 Å². The van der Waals surface area contributed by atoms with Gasteiger partial charge in [0.05, 0.1) is 24.0 Å². The highest BCUT2D eigenvalue weighted by Crippen LogP contribution is 2.39. The van der Waals surface area contributed by atoms with Crippen molar-refractivity contribution >= 4 is 51.9 Å². The second-order valence-corrected chi connectivity index (χ2v) is 7.75. The second kappa shape index (κ2) is 9.06. The molecule has 2 aromatic carbocycles. The number of thioether (sulfide) groups is 1. The maximum absolute atomic E-state index is 13.1. The van der Waals surface area contributed by atoms with Crippen LogP contribution in [0.2, 0.25) is 0 Å². The van der Waals surface area contributed by atoms with Crippen molar-refractivity contribution < 1.29 is 24.0 Å². The number of rotatable bonds is 6. The van der Waals surface area contributed by atoms with Crippen LogP contribution >= 0.6 is 24.0 Å². The van der Waals surface area contributed by atoms with Crippen molar-refractivity contribution in [2.45, 2.75) is 6.04 Å². The Labute approximate surface area is 181 Å². The van der Waals surface area contributed by atoms with E-state index in [4.69, 9.17) is 21.7 Å². The van der Waals surface area contributed by atoms with Crippen LogP contribution in [0.25, 0.3) is 6.08 Å². The lowest BCUT2D eigenvalue weighted by Crippen LogP contribution is -2.37. The fourth-order valence-corrected chi connectivity index (χ4v) is 4.24. The number of esters is 1. The SMILES string of the molecule is COC(=O)C(c1ccccc1)N1C(=O)/C(=C/c2ccc(OC)c([N+](=O)[O-])c2)SC1=S. The Hall–Kier alpha value is -3.24. The minimum absolute atomic E-state index is 0.111. The Bertz CT molecular complexity index is 1050. The maximum Gasteiger partial charge on any atom is 0.333 e. The Morgan fingerprint density at radius 3 is 2.53 bits per heavy atom. The van der Waals surface area contributed by atoms with Crippen molar-refractivity contribution in [2.75, 3.05) is 14.2 Å². The summed E-state index contributed by atoms with van der Waals surface area (Å²) in [6, 6.07) is 12.0. The topological polar surface area (TPSA) is 99.0 Å². The lowest BCUT2D eigenvalue weighted by atomic mass is 10.1. The van der Waals surface area contributed by atoms with Crippen LogP contribution in [0, 0.1) is 10.1 Å². The molecule has 0 spiro atoms. The zero-order valence-corrected chi connectivity index (χ0v) is 17.6. The third-order valence-electron chi connectivity index (χ3n) is 4.32. The van der Waals surface area contributed by atoms with Crippen molar-refractivity contribution in [1.82, 2.24) is 4.90 Å². The number of nitro benzene ring substituents is 1. The molecule has 1 fully saturated rings. The number of nitro groups is 1. The van der Waals surface area contributed by atoms with Gasteiger partial charge in [0, 0.05) is 6.07 Å². The Balaban J connectivity index is 1.98. The van der Waals surface area contributed by atoms with Crippen LogP contribution in [0.5, 0.6) is 5.75 Å². The summed E-state index contributed by atoms with van der Waals surface area (Å²) in [6.45, 7) is 0. The van der Waals surface area contributed by atoms with E-state index in [1.54, 1.807) is 36.4 Å². The average molecular weight is 444 g/mol. The number of carbonyl (C=O) groups is 2. The summed E-state index contributed by atoms with van der Waals surface area (Å²) in [5, 5.41) is 11.2. The first-order chi connectivity index (χ1) is 14.4. The monoisotopic (exact) mass is 444 g/mol. The molecule has 1 unspecified atom stereocenters. The number of methoxy groups -OCH3 is 2. The summed E-state index contributed by atoms with van der Waals surface area (Å²) in [5.41, 5.74) is 0.762. The van der Waals surface area contributed by atoms with Crippen LogP contribution in [0.1, 0.15) is 17.2 Å². The van der Waals surface area contributed by atoms with Gasteiger partial charge in [-0.3, -0.25) is 19.8 Å². The number of nitrogens with zero attached hydrogens (tertiary/aromatic N) is 2. The van der Waals surface area contributed by atoms with Crippen LogP contribution in [-0.2, 0) is 14.3 Å². The number of carbonyl (C=O) groups excluding carboxylic acids is 2. The van der Waals surface area contributed by atoms with Gasteiger partial charge >= 0.3 is 11.7 Å². The van der Waals surface area contributed by atoms with E-state index in [-0.39, 0.29) is 20.7 Å². The molecule has 0 aliphatic carbocycles. The van der Waals surface area contributed by atoms with E-state index in [1.807, 2.05) is 0 Å². The smallest absolute Gasteiger partial charge is 0.333 e. The summed E-state index contributed by atoms with van der Waals surface area (Å²) in [6.07, 6.45) is 1.49. The van der Waals surface area contributed by atoms with Gasteiger partial charge in [-0.2, -0.15) is 0 Å². The molecule has 0 radical (unpaired) electrons. The van der Waals surface area contributed by atoms with Gasteiger partial charge in [0.2, 0.25) is 0 Å². The number of hydrogen-bond donors (Lipinski definition) is 0. The molecule has 10 heteroatoms. The predicted octanol–water partition coefficient (Wildman–Crippen LogP) is 3.72. The average Bonchev–Trinajstić information content (AvgIpc) is 3.02. The zero-order valence-electron chi connectivity index (χ0n) is 15.9. The van der Waals surface area contributed by atoms with Gasteiger partial charge in [-0.15, -0.1) is 0 Å². The lowest BCUT2D eigenvalue weighted by molar-refractivity contribution is -0.385. The molecule has 2 aromatic rings. The molecule has 1 aliphatic heterocycles. The van der Waals surface area contributed by atoms with E-state index in [1.165, 1.54) is 37.3 Å². The molecule has 0 saturated carbocycles. The Morgan fingerprint density at radius 2 is 1.93 bits per heavy atom. The van der Waals surface area contributed by atoms with Gasteiger partial charge in [0.25, 0.3) is 5.91 Å². The normalized spacial score (nSPS) is 15.9. The molecule has 0 bridgehead atoms. The fraction of sp³-hybridized carbons (Fsp3) is 0.150. The minimum Gasteiger partial charge on any atom is -0.490 e. The molecule has 1 atom stereocenters. The molecular formula is C20H16N2O6S2. The van der Waals surface area contributed by atoms with Crippen LogP contribution < -0.4 is 4.74 Å². The van der Waals surface area contributed by atoms with Crippen LogP contribution in [-0.4, -0.2) is 40.2 Å².